The molecule has 0 saturated heterocycles. The van der Waals surface area contributed by atoms with E-state index in [1.165, 1.54) is 12.1 Å². The third-order valence-electron chi connectivity index (χ3n) is 3.84. The number of nitrogens with one attached hydrogen (secondary N) is 1. The van der Waals surface area contributed by atoms with E-state index in [4.69, 9.17) is 4.74 Å². The van der Waals surface area contributed by atoms with Crippen LogP contribution in [0.15, 0.2) is 66.7 Å². The van der Waals surface area contributed by atoms with Gasteiger partial charge in [-0.3, -0.25) is 0 Å². The minimum absolute atomic E-state index is 0.0959. The zero-order chi connectivity index (χ0) is 17.2. The average molecular weight is 336 g/mol. The van der Waals surface area contributed by atoms with Gasteiger partial charge in [0.2, 0.25) is 0 Å². The van der Waals surface area contributed by atoms with Gasteiger partial charge in [0.05, 0.1) is 11.0 Å². The zero-order valence-corrected chi connectivity index (χ0v) is 13.2. The van der Waals surface area contributed by atoms with Crippen LogP contribution in [-0.2, 0) is 6.61 Å². The number of nitrogens with zero attached hydrogens (tertiary/aromatic N) is 1. The number of ether oxygens (including phenoxy) is 1. The Bertz CT molecular complexity index is 972. The summed E-state index contributed by atoms with van der Waals surface area (Å²) in [5.74, 6) is 0.169. The summed E-state index contributed by atoms with van der Waals surface area (Å²) in [6.07, 6.45) is 0. The first-order valence-electron chi connectivity index (χ1n) is 7.80. The summed E-state index contributed by atoms with van der Waals surface area (Å²) in [4.78, 5) is 7.81. The number of aromatic nitrogens is 2. The lowest BCUT2D eigenvalue weighted by molar-refractivity contribution is 0.305. The molecular weight excluding hydrogens is 322 g/mol. The highest BCUT2D eigenvalue weighted by Crippen LogP contribution is 2.23. The van der Waals surface area contributed by atoms with Crippen LogP contribution in [0.3, 0.4) is 0 Å². The van der Waals surface area contributed by atoms with Crippen LogP contribution in [0, 0.1) is 11.6 Å². The van der Waals surface area contributed by atoms with Crippen LogP contribution >= 0.6 is 0 Å². The summed E-state index contributed by atoms with van der Waals surface area (Å²) in [6.45, 7) is 0.0959. The van der Waals surface area contributed by atoms with E-state index in [1.807, 2.05) is 36.4 Å². The number of benzene rings is 3. The standard InChI is InChI=1S/C20H14F2N2O/c21-15-9-13(10-16(22)11-15)12-25-17-7-5-14(6-8-17)20-23-18-3-1-2-4-19(18)24-20/h1-11H,12H2,(H,23,24). The summed E-state index contributed by atoms with van der Waals surface area (Å²) in [6, 6.07) is 18.6. The zero-order valence-electron chi connectivity index (χ0n) is 13.2. The van der Waals surface area contributed by atoms with Gasteiger partial charge in [-0.05, 0) is 54.1 Å². The van der Waals surface area contributed by atoms with E-state index in [0.29, 0.717) is 11.3 Å². The second-order valence-corrected chi connectivity index (χ2v) is 5.69. The van der Waals surface area contributed by atoms with Crippen molar-refractivity contribution in [2.24, 2.45) is 0 Å². The Kier molecular flexibility index (Phi) is 3.90. The number of H-pyrrole nitrogens is 1. The van der Waals surface area contributed by atoms with Gasteiger partial charge in [-0.25, -0.2) is 13.8 Å². The number of aromatic amines is 1. The maximum Gasteiger partial charge on any atom is 0.138 e. The van der Waals surface area contributed by atoms with E-state index in [9.17, 15) is 8.78 Å². The van der Waals surface area contributed by atoms with Gasteiger partial charge in [0.15, 0.2) is 0 Å². The summed E-state index contributed by atoms with van der Waals surface area (Å²) in [5.41, 5.74) is 3.26. The SMILES string of the molecule is Fc1cc(F)cc(COc2ccc(-c3nc4ccccc4[nH]3)cc2)c1. The lowest BCUT2D eigenvalue weighted by atomic mass is 10.2. The Balaban J connectivity index is 1.49. The quantitative estimate of drug-likeness (QED) is 0.564. The van der Waals surface area contributed by atoms with Crippen LogP contribution < -0.4 is 4.74 Å². The molecule has 0 bridgehead atoms. The van der Waals surface area contributed by atoms with E-state index in [1.54, 1.807) is 12.1 Å². The molecule has 3 aromatic carbocycles. The Morgan fingerprint density at radius 3 is 2.32 bits per heavy atom. The second kappa shape index (κ2) is 6.36. The van der Waals surface area contributed by atoms with Gasteiger partial charge >= 0.3 is 0 Å². The van der Waals surface area contributed by atoms with Gasteiger partial charge in [-0.2, -0.15) is 0 Å². The van der Waals surface area contributed by atoms with Crippen molar-refractivity contribution in [3.8, 4) is 17.1 Å². The van der Waals surface area contributed by atoms with Crippen LogP contribution in [0.4, 0.5) is 8.78 Å². The third kappa shape index (κ3) is 3.35. The van der Waals surface area contributed by atoms with E-state index in [2.05, 4.69) is 9.97 Å². The molecule has 1 aromatic heterocycles. The van der Waals surface area contributed by atoms with E-state index >= 15 is 0 Å². The molecule has 0 saturated carbocycles. The molecule has 0 aliphatic carbocycles. The van der Waals surface area contributed by atoms with Gasteiger partial charge in [-0.15, -0.1) is 0 Å². The van der Waals surface area contributed by atoms with Gasteiger partial charge in [-0.1, -0.05) is 12.1 Å². The molecule has 0 atom stereocenters. The Morgan fingerprint density at radius 2 is 1.60 bits per heavy atom. The molecule has 0 unspecified atom stereocenters. The van der Waals surface area contributed by atoms with E-state index < -0.39 is 11.6 Å². The van der Waals surface area contributed by atoms with Gasteiger partial charge in [0.1, 0.15) is 29.8 Å². The molecule has 0 amide bonds. The van der Waals surface area contributed by atoms with Crippen molar-refractivity contribution in [1.82, 2.24) is 9.97 Å². The Morgan fingerprint density at radius 1 is 0.880 bits per heavy atom. The van der Waals surface area contributed by atoms with E-state index in [-0.39, 0.29) is 6.61 Å². The molecule has 1 N–H and O–H groups in total. The molecule has 3 nitrogen and oxygen atoms in total. The molecule has 0 fully saturated rings. The smallest absolute Gasteiger partial charge is 0.138 e. The Hall–Kier alpha value is -3.21. The molecule has 0 aliphatic heterocycles. The predicted octanol–water partition coefficient (Wildman–Crippen LogP) is 5.09. The van der Waals surface area contributed by atoms with Crippen LogP contribution in [0.2, 0.25) is 0 Å². The first kappa shape index (κ1) is 15.3. The predicted molar refractivity (Wildman–Crippen MR) is 92.2 cm³/mol. The van der Waals surface area contributed by atoms with Gasteiger partial charge in [0, 0.05) is 11.6 Å². The van der Waals surface area contributed by atoms with Crippen LogP contribution in [0.1, 0.15) is 5.56 Å². The molecule has 1 heterocycles. The lowest BCUT2D eigenvalue weighted by Gasteiger charge is -2.07. The number of halogens is 2. The number of hydrogen-bond acceptors (Lipinski definition) is 2. The third-order valence-corrected chi connectivity index (χ3v) is 3.84. The minimum Gasteiger partial charge on any atom is -0.489 e. The van der Waals surface area contributed by atoms with Crippen molar-refractivity contribution in [1.29, 1.82) is 0 Å². The summed E-state index contributed by atoms with van der Waals surface area (Å²) in [5, 5.41) is 0. The second-order valence-electron chi connectivity index (χ2n) is 5.69. The van der Waals surface area contributed by atoms with E-state index in [0.717, 1.165) is 28.5 Å². The molecule has 0 aliphatic rings. The molecule has 124 valence electrons. The van der Waals surface area contributed by atoms with Gasteiger partial charge in [0.25, 0.3) is 0 Å². The van der Waals surface area contributed by atoms with Crippen molar-refractivity contribution < 1.29 is 13.5 Å². The molecule has 4 rings (SSSR count). The molecular formula is C20H14F2N2O. The highest BCUT2D eigenvalue weighted by atomic mass is 19.1. The fourth-order valence-electron chi connectivity index (χ4n) is 2.66. The van der Waals surface area contributed by atoms with Crippen molar-refractivity contribution >= 4 is 11.0 Å². The fourth-order valence-corrected chi connectivity index (χ4v) is 2.66. The maximum absolute atomic E-state index is 13.2. The first-order chi connectivity index (χ1) is 12.2. The van der Waals surface area contributed by atoms with Crippen molar-refractivity contribution in [3.05, 3.63) is 83.9 Å². The summed E-state index contributed by atoms with van der Waals surface area (Å²) < 4.78 is 31.9. The minimum atomic E-state index is -0.612. The number of fused-ring (bicyclic) bond motifs is 1. The summed E-state index contributed by atoms with van der Waals surface area (Å²) >= 11 is 0. The normalized spacial score (nSPS) is 11.0. The molecule has 5 heteroatoms. The van der Waals surface area contributed by atoms with Crippen molar-refractivity contribution in [3.63, 3.8) is 0 Å². The number of hydrogen-bond donors (Lipinski definition) is 1. The van der Waals surface area contributed by atoms with Crippen molar-refractivity contribution in [2.45, 2.75) is 6.61 Å². The maximum atomic E-state index is 13.2. The number of rotatable bonds is 4. The Labute approximate surface area is 142 Å². The molecule has 0 spiro atoms. The topological polar surface area (TPSA) is 37.9 Å². The van der Waals surface area contributed by atoms with Crippen LogP contribution in [-0.4, -0.2) is 9.97 Å². The highest BCUT2D eigenvalue weighted by molar-refractivity contribution is 5.79. The average Bonchev–Trinajstić information content (AvgIpc) is 3.04. The highest BCUT2D eigenvalue weighted by Gasteiger charge is 2.06. The first-order valence-corrected chi connectivity index (χ1v) is 7.80. The van der Waals surface area contributed by atoms with Crippen LogP contribution in [0.25, 0.3) is 22.4 Å². The van der Waals surface area contributed by atoms with Crippen LogP contribution in [0.5, 0.6) is 5.75 Å². The fraction of sp³-hybridized carbons (Fsp3) is 0.0500. The monoisotopic (exact) mass is 336 g/mol. The molecule has 4 aromatic rings. The molecule has 0 radical (unpaired) electrons. The van der Waals surface area contributed by atoms with Gasteiger partial charge < -0.3 is 9.72 Å². The number of imidazole rings is 1. The number of para-hydroxylation sites is 2. The van der Waals surface area contributed by atoms with Crippen molar-refractivity contribution in [2.75, 3.05) is 0 Å². The molecule has 25 heavy (non-hydrogen) atoms. The largest absolute Gasteiger partial charge is 0.489 e. The summed E-state index contributed by atoms with van der Waals surface area (Å²) in [7, 11) is 0. The lowest BCUT2D eigenvalue weighted by Crippen LogP contribution is -1.97.